The Labute approximate surface area is 147 Å². The Morgan fingerprint density at radius 2 is 2.29 bits per heavy atom. The van der Waals surface area contributed by atoms with Crippen LogP contribution in [0.3, 0.4) is 0 Å². The van der Waals surface area contributed by atoms with Gasteiger partial charge in [0.2, 0.25) is 0 Å². The van der Waals surface area contributed by atoms with Gasteiger partial charge in [-0.3, -0.25) is 4.90 Å². The molecule has 1 unspecified atom stereocenters. The molecule has 24 heavy (non-hydrogen) atoms. The minimum absolute atomic E-state index is 0.481. The Morgan fingerprint density at radius 1 is 1.46 bits per heavy atom. The topological polar surface area (TPSA) is 57.6 Å². The summed E-state index contributed by atoms with van der Waals surface area (Å²) in [4.78, 5) is 8.06. The monoisotopic (exact) mass is 347 g/mol. The van der Waals surface area contributed by atoms with Crippen molar-refractivity contribution in [3.05, 3.63) is 40.4 Å². The van der Waals surface area contributed by atoms with Crippen LogP contribution in [0.15, 0.2) is 24.4 Å². The van der Waals surface area contributed by atoms with Gasteiger partial charge < -0.3 is 15.2 Å². The SMILES string of the molecule is COc1ccc2c(c1)CCN(Cc1cnc(NC(C)O)s1)[C@H](C)C2. The molecule has 0 bridgehead atoms. The van der Waals surface area contributed by atoms with Crippen molar-refractivity contribution in [2.24, 2.45) is 0 Å². The second-order valence-corrected chi connectivity index (χ2v) is 7.48. The van der Waals surface area contributed by atoms with Crippen molar-refractivity contribution in [3.63, 3.8) is 0 Å². The van der Waals surface area contributed by atoms with Gasteiger partial charge in [-0.1, -0.05) is 6.07 Å². The largest absolute Gasteiger partial charge is 0.497 e. The van der Waals surface area contributed by atoms with Crippen LogP contribution in [0.2, 0.25) is 0 Å². The van der Waals surface area contributed by atoms with Gasteiger partial charge in [0, 0.05) is 30.2 Å². The quantitative estimate of drug-likeness (QED) is 0.815. The molecule has 2 atom stereocenters. The summed E-state index contributed by atoms with van der Waals surface area (Å²) in [5.74, 6) is 0.936. The Balaban J connectivity index is 1.68. The summed E-state index contributed by atoms with van der Waals surface area (Å²) < 4.78 is 5.36. The maximum Gasteiger partial charge on any atom is 0.184 e. The maximum atomic E-state index is 9.39. The number of hydrogen-bond acceptors (Lipinski definition) is 6. The molecule has 0 fully saturated rings. The molecule has 0 spiro atoms. The van der Waals surface area contributed by atoms with Crippen LogP contribution in [0, 0.1) is 0 Å². The molecule has 1 aliphatic rings. The molecular weight excluding hydrogens is 322 g/mol. The lowest BCUT2D eigenvalue weighted by Gasteiger charge is -2.26. The molecule has 5 nitrogen and oxygen atoms in total. The highest BCUT2D eigenvalue weighted by Crippen LogP contribution is 2.27. The first kappa shape index (κ1) is 17.2. The molecule has 3 rings (SSSR count). The van der Waals surface area contributed by atoms with E-state index in [1.54, 1.807) is 25.4 Å². The Kier molecular flexibility index (Phi) is 5.38. The first-order chi connectivity index (χ1) is 11.5. The van der Waals surface area contributed by atoms with E-state index in [9.17, 15) is 5.11 Å². The zero-order chi connectivity index (χ0) is 17.1. The van der Waals surface area contributed by atoms with Gasteiger partial charge in [-0.25, -0.2) is 4.98 Å². The fraction of sp³-hybridized carbons (Fsp3) is 0.500. The predicted molar refractivity (Wildman–Crippen MR) is 97.7 cm³/mol. The van der Waals surface area contributed by atoms with Crippen molar-refractivity contribution in [2.75, 3.05) is 19.0 Å². The molecule has 0 saturated carbocycles. The van der Waals surface area contributed by atoms with Crippen LogP contribution in [-0.2, 0) is 19.4 Å². The first-order valence-corrected chi connectivity index (χ1v) is 9.16. The van der Waals surface area contributed by atoms with Crippen LogP contribution >= 0.6 is 11.3 Å². The van der Waals surface area contributed by atoms with Gasteiger partial charge in [-0.2, -0.15) is 0 Å². The minimum Gasteiger partial charge on any atom is -0.497 e. The molecule has 2 heterocycles. The van der Waals surface area contributed by atoms with Crippen molar-refractivity contribution in [3.8, 4) is 5.75 Å². The minimum atomic E-state index is -0.578. The van der Waals surface area contributed by atoms with E-state index in [1.165, 1.54) is 16.0 Å². The molecule has 0 radical (unpaired) electrons. The molecule has 0 saturated heterocycles. The number of methoxy groups -OCH3 is 1. The van der Waals surface area contributed by atoms with E-state index in [0.717, 1.165) is 36.8 Å². The number of anilines is 1. The zero-order valence-electron chi connectivity index (χ0n) is 14.5. The molecule has 130 valence electrons. The van der Waals surface area contributed by atoms with Gasteiger partial charge in [0.05, 0.1) is 7.11 Å². The van der Waals surface area contributed by atoms with E-state index in [-0.39, 0.29) is 0 Å². The van der Waals surface area contributed by atoms with Gasteiger partial charge >= 0.3 is 0 Å². The highest BCUT2D eigenvalue weighted by molar-refractivity contribution is 7.15. The van der Waals surface area contributed by atoms with Crippen LogP contribution in [0.1, 0.15) is 29.9 Å². The van der Waals surface area contributed by atoms with Crippen molar-refractivity contribution in [2.45, 2.75) is 45.5 Å². The molecule has 2 N–H and O–H groups in total. The van der Waals surface area contributed by atoms with Crippen LogP contribution in [-0.4, -0.2) is 40.9 Å². The number of hydrogen-bond donors (Lipinski definition) is 2. The molecule has 1 aromatic heterocycles. The van der Waals surface area contributed by atoms with E-state index in [0.29, 0.717) is 6.04 Å². The third kappa shape index (κ3) is 4.06. The highest BCUT2D eigenvalue weighted by atomic mass is 32.1. The fourth-order valence-electron chi connectivity index (χ4n) is 3.15. The summed E-state index contributed by atoms with van der Waals surface area (Å²) >= 11 is 1.61. The number of benzene rings is 1. The van der Waals surface area contributed by atoms with E-state index in [4.69, 9.17) is 4.74 Å². The third-order valence-electron chi connectivity index (χ3n) is 4.47. The number of aliphatic hydroxyl groups is 1. The van der Waals surface area contributed by atoms with Crippen LogP contribution < -0.4 is 10.1 Å². The number of nitrogens with zero attached hydrogens (tertiary/aromatic N) is 2. The first-order valence-electron chi connectivity index (χ1n) is 8.34. The molecule has 6 heteroatoms. The van der Waals surface area contributed by atoms with Crippen molar-refractivity contribution in [1.29, 1.82) is 0 Å². The molecule has 1 aliphatic heterocycles. The van der Waals surface area contributed by atoms with Crippen molar-refractivity contribution < 1.29 is 9.84 Å². The summed E-state index contributed by atoms with van der Waals surface area (Å²) in [7, 11) is 1.72. The molecule has 2 aromatic rings. The normalized spacial score (nSPS) is 19.4. The summed E-state index contributed by atoms with van der Waals surface area (Å²) in [6, 6.07) is 6.90. The summed E-state index contributed by atoms with van der Waals surface area (Å²) in [5, 5.41) is 13.1. The predicted octanol–water partition coefficient (Wildman–Crippen LogP) is 2.89. The van der Waals surface area contributed by atoms with Crippen LogP contribution in [0.25, 0.3) is 0 Å². The van der Waals surface area contributed by atoms with Crippen molar-refractivity contribution >= 4 is 16.5 Å². The van der Waals surface area contributed by atoms with Gasteiger partial charge in [-0.15, -0.1) is 11.3 Å². The number of rotatable bonds is 5. The average molecular weight is 347 g/mol. The Morgan fingerprint density at radius 3 is 3.04 bits per heavy atom. The van der Waals surface area contributed by atoms with E-state index in [2.05, 4.69) is 40.3 Å². The fourth-order valence-corrected chi connectivity index (χ4v) is 4.07. The van der Waals surface area contributed by atoms with E-state index in [1.807, 2.05) is 6.20 Å². The molecule has 1 aromatic carbocycles. The zero-order valence-corrected chi connectivity index (χ0v) is 15.3. The van der Waals surface area contributed by atoms with Gasteiger partial charge in [0.1, 0.15) is 12.0 Å². The van der Waals surface area contributed by atoms with Gasteiger partial charge in [-0.05, 0) is 49.9 Å². The van der Waals surface area contributed by atoms with Crippen molar-refractivity contribution in [1.82, 2.24) is 9.88 Å². The highest BCUT2D eigenvalue weighted by Gasteiger charge is 2.21. The standard InChI is InChI=1S/C18H25N3O2S/c1-12-8-14-4-5-16(23-3)9-15(14)6-7-21(12)11-17-10-19-18(24-17)20-13(2)22/h4-5,9-10,12-13,22H,6-8,11H2,1-3H3,(H,19,20)/t12-,13?/m1/s1. The van der Waals surface area contributed by atoms with E-state index < -0.39 is 6.23 Å². The lowest BCUT2D eigenvalue weighted by Crippen LogP contribution is -2.33. The number of thiazole rings is 1. The molecular formula is C18H25N3O2S. The average Bonchev–Trinajstić information content (AvgIpc) is 2.91. The number of fused-ring (bicyclic) bond motifs is 1. The second-order valence-electron chi connectivity index (χ2n) is 6.36. The number of ether oxygens (including phenoxy) is 1. The third-order valence-corrected chi connectivity index (χ3v) is 5.38. The van der Waals surface area contributed by atoms with E-state index >= 15 is 0 Å². The van der Waals surface area contributed by atoms with Crippen LogP contribution in [0.5, 0.6) is 5.75 Å². The lowest BCUT2D eigenvalue weighted by molar-refractivity contribution is 0.209. The molecule has 0 amide bonds. The number of aromatic nitrogens is 1. The smallest absolute Gasteiger partial charge is 0.184 e. The number of nitrogens with one attached hydrogen (secondary N) is 1. The van der Waals surface area contributed by atoms with Gasteiger partial charge in [0.15, 0.2) is 5.13 Å². The van der Waals surface area contributed by atoms with Gasteiger partial charge in [0.25, 0.3) is 0 Å². The maximum absolute atomic E-state index is 9.39. The lowest BCUT2D eigenvalue weighted by atomic mass is 10.0. The second kappa shape index (κ2) is 7.51. The summed E-state index contributed by atoms with van der Waals surface area (Å²) in [5.41, 5.74) is 2.82. The summed E-state index contributed by atoms with van der Waals surface area (Å²) in [6.07, 6.45) is 3.42. The molecule has 0 aliphatic carbocycles. The Hall–Kier alpha value is -1.63. The summed E-state index contributed by atoms with van der Waals surface area (Å²) in [6.45, 7) is 5.91. The number of aliphatic hydroxyl groups excluding tert-OH is 1. The Bertz CT molecular complexity index is 687. The van der Waals surface area contributed by atoms with Crippen LogP contribution in [0.4, 0.5) is 5.13 Å².